The highest BCUT2D eigenvalue weighted by atomic mass is 35.5. The predicted molar refractivity (Wildman–Crippen MR) is 89.6 cm³/mol. The molecule has 0 amide bonds. The van der Waals surface area contributed by atoms with Gasteiger partial charge in [0.25, 0.3) is 0 Å². The SMILES string of the molecule is CCCN(CC(=O)O)C(C)c1nc(C)c(-c2ccc(Cl)cc2)o1. The lowest BCUT2D eigenvalue weighted by Gasteiger charge is -2.24. The zero-order valence-corrected chi connectivity index (χ0v) is 14.3. The van der Waals surface area contributed by atoms with Gasteiger partial charge in [-0.2, -0.15) is 0 Å². The van der Waals surface area contributed by atoms with E-state index in [-0.39, 0.29) is 12.6 Å². The number of nitrogens with zero attached hydrogens (tertiary/aromatic N) is 2. The van der Waals surface area contributed by atoms with Gasteiger partial charge in [0.05, 0.1) is 18.3 Å². The molecular weight excluding hydrogens is 316 g/mol. The molecule has 0 aliphatic rings. The summed E-state index contributed by atoms with van der Waals surface area (Å²) in [5, 5.41) is 9.73. The van der Waals surface area contributed by atoms with Gasteiger partial charge in [-0.15, -0.1) is 0 Å². The molecule has 0 saturated carbocycles. The van der Waals surface area contributed by atoms with Crippen LogP contribution in [-0.4, -0.2) is 34.0 Å². The van der Waals surface area contributed by atoms with Crippen molar-refractivity contribution in [2.24, 2.45) is 0 Å². The first-order chi connectivity index (χ1) is 10.9. The van der Waals surface area contributed by atoms with Crippen LogP contribution in [0.4, 0.5) is 0 Å². The first kappa shape index (κ1) is 17.5. The van der Waals surface area contributed by atoms with E-state index >= 15 is 0 Å². The van der Waals surface area contributed by atoms with Crippen molar-refractivity contribution in [2.45, 2.75) is 33.2 Å². The summed E-state index contributed by atoms with van der Waals surface area (Å²) in [6.07, 6.45) is 0.862. The molecule has 1 atom stereocenters. The lowest BCUT2D eigenvalue weighted by molar-refractivity contribution is -0.139. The molecule has 1 aromatic heterocycles. The van der Waals surface area contributed by atoms with Gasteiger partial charge in [-0.25, -0.2) is 4.98 Å². The molecule has 1 aromatic carbocycles. The van der Waals surface area contributed by atoms with Crippen molar-refractivity contribution < 1.29 is 14.3 Å². The van der Waals surface area contributed by atoms with Crippen LogP contribution in [0, 0.1) is 6.92 Å². The Kier molecular flexibility index (Phi) is 5.80. The molecule has 23 heavy (non-hydrogen) atoms. The number of oxazole rings is 1. The van der Waals surface area contributed by atoms with Gasteiger partial charge < -0.3 is 9.52 Å². The van der Waals surface area contributed by atoms with Crippen LogP contribution >= 0.6 is 11.6 Å². The molecule has 2 aromatic rings. The Morgan fingerprint density at radius 2 is 2.04 bits per heavy atom. The number of aryl methyl sites for hydroxylation is 1. The van der Waals surface area contributed by atoms with Crippen molar-refractivity contribution >= 4 is 17.6 Å². The number of carboxylic acids is 1. The van der Waals surface area contributed by atoms with E-state index in [1.54, 1.807) is 12.1 Å². The van der Waals surface area contributed by atoms with E-state index in [0.29, 0.717) is 23.2 Å². The molecule has 0 bridgehead atoms. The van der Waals surface area contributed by atoms with Crippen molar-refractivity contribution in [2.75, 3.05) is 13.1 Å². The summed E-state index contributed by atoms with van der Waals surface area (Å²) < 4.78 is 5.92. The van der Waals surface area contributed by atoms with Gasteiger partial charge in [0.1, 0.15) is 0 Å². The smallest absolute Gasteiger partial charge is 0.317 e. The summed E-state index contributed by atoms with van der Waals surface area (Å²) in [5.41, 5.74) is 1.68. The van der Waals surface area contributed by atoms with E-state index in [2.05, 4.69) is 4.98 Å². The molecule has 0 aliphatic heterocycles. The highest BCUT2D eigenvalue weighted by Gasteiger charge is 2.23. The third-order valence-electron chi connectivity index (χ3n) is 3.67. The maximum Gasteiger partial charge on any atom is 0.317 e. The van der Waals surface area contributed by atoms with Gasteiger partial charge in [0.2, 0.25) is 5.89 Å². The molecule has 1 unspecified atom stereocenters. The lowest BCUT2D eigenvalue weighted by atomic mass is 10.1. The fourth-order valence-electron chi connectivity index (χ4n) is 2.49. The number of aliphatic carboxylic acids is 1. The van der Waals surface area contributed by atoms with Crippen LogP contribution in [0.15, 0.2) is 28.7 Å². The number of rotatable bonds is 7. The Morgan fingerprint density at radius 3 is 2.61 bits per heavy atom. The van der Waals surface area contributed by atoms with E-state index in [1.807, 2.05) is 37.8 Å². The standard InChI is InChI=1S/C17H21ClN2O3/c1-4-9-20(10-15(21)22)12(3)17-19-11(2)16(23-17)13-5-7-14(18)8-6-13/h5-8,12H,4,9-10H2,1-3H3,(H,21,22). The number of halogens is 1. The van der Waals surface area contributed by atoms with E-state index in [9.17, 15) is 4.79 Å². The zero-order chi connectivity index (χ0) is 17.0. The van der Waals surface area contributed by atoms with Gasteiger partial charge in [-0.1, -0.05) is 18.5 Å². The molecule has 5 nitrogen and oxygen atoms in total. The first-order valence-corrected chi connectivity index (χ1v) is 7.99. The second kappa shape index (κ2) is 7.62. The normalized spacial score (nSPS) is 12.6. The first-order valence-electron chi connectivity index (χ1n) is 7.61. The number of carbonyl (C=O) groups is 1. The maximum atomic E-state index is 11.0. The second-order valence-corrected chi connectivity index (χ2v) is 5.95. The van der Waals surface area contributed by atoms with Crippen molar-refractivity contribution in [3.63, 3.8) is 0 Å². The highest BCUT2D eigenvalue weighted by molar-refractivity contribution is 6.30. The molecular formula is C17H21ClN2O3. The zero-order valence-electron chi connectivity index (χ0n) is 13.5. The van der Waals surface area contributed by atoms with Crippen LogP contribution in [0.2, 0.25) is 5.02 Å². The van der Waals surface area contributed by atoms with Crippen molar-refractivity contribution in [1.29, 1.82) is 0 Å². The van der Waals surface area contributed by atoms with Gasteiger partial charge >= 0.3 is 5.97 Å². The monoisotopic (exact) mass is 336 g/mol. The van der Waals surface area contributed by atoms with Crippen LogP contribution in [-0.2, 0) is 4.79 Å². The number of carboxylic acid groups (broad SMARTS) is 1. The predicted octanol–water partition coefficient (Wildman–Crippen LogP) is 4.16. The van der Waals surface area contributed by atoms with E-state index in [0.717, 1.165) is 17.7 Å². The number of hydrogen-bond acceptors (Lipinski definition) is 4. The third-order valence-corrected chi connectivity index (χ3v) is 3.93. The van der Waals surface area contributed by atoms with Gasteiger partial charge in [-0.3, -0.25) is 9.69 Å². The van der Waals surface area contributed by atoms with Crippen LogP contribution in [0.1, 0.15) is 37.9 Å². The van der Waals surface area contributed by atoms with Crippen molar-refractivity contribution in [3.8, 4) is 11.3 Å². The quantitative estimate of drug-likeness (QED) is 0.822. The molecule has 6 heteroatoms. The van der Waals surface area contributed by atoms with Crippen molar-refractivity contribution in [3.05, 3.63) is 40.9 Å². The summed E-state index contributed by atoms with van der Waals surface area (Å²) in [5.74, 6) is 0.365. The van der Waals surface area contributed by atoms with E-state index < -0.39 is 5.97 Å². The average molecular weight is 337 g/mol. The van der Waals surface area contributed by atoms with Gasteiger partial charge in [-0.05, 0) is 51.1 Å². The largest absolute Gasteiger partial charge is 0.480 e. The molecule has 1 heterocycles. The summed E-state index contributed by atoms with van der Waals surface area (Å²) >= 11 is 5.91. The summed E-state index contributed by atoms with van der Waals surface area (Å²) in [4.78, 5) is 17.4. The Hall–Kier alpha value is -1.85. The fourth-order valence-corrected chi connectivity index (χ4v) is 2.62. The Morgan fingerprint density at radius 1 is 1.39 bits per heavy atom. The third kappa shape index (κ3) is 4.33. The van der Waals surface area contributed by atoms with Gasteiger partial charge in [0.15, 0.2) is 5.76 Å². The average Bonchev–Trinajstić information content (AvgIpc) is 2.88. The fraction of sp³-hybridized carbons (Fsp3) is 0.412. The molecule has 0 radical (unpaired) electrons. The Balaban J connectivity index is 2.27. The summed E-state index contributed by atoms with van der Waals surface area (Å²) in [6.45, 7) is 6.44. The molecule has 0 spiro atoms. The van der Waals surface area contributed by atoms with Crippen LogP contribution in [0.25, 0.3) is 11.3 Å². The summed E-state index contributed by atoms with van der Waals surface area (Å²) in [6, 6.07) is 7.16. The topological polar surface area (TPSA) is 66.6 Å². The van der Waals surface area contributed by atoms with Crippen molar-refractivity contribution in [1.82, 2.24) is 9.88 Å². The molecule has 0 saturated heterocycles. The molecule has 0 aliphatic carbocycles. The van der Waals surface area contributed by atoms with Crippen LogP contribution < -0.4 is 0 Å². The summed E-state index contributed by atoms with van der Waals surface area (Å²) in [7, 11) is 0. The van der Waals surface area contributed by atoms with Gasteiger partial charge in [0, 0.05) is 10.6 Å². The number of hydrogen-bond donors (Lipinski definition) is 1. The molecule has 0 fully saturated rings. The Bertz CT molecular complexity index is 667. The van der Waals surface area contributed by atoms with Crippen LogP contribution in [0.5, 0.6) is 0 Å². The number of aromatic nitrogens is 1. The highest BCUT2D eigenvalue weighted by Crippen LogP contribution is 2.29. The molecule has 124 valence electrons. The van der Waals surface area contributed by atoms with Crippen LogP contribution in [0.3, 0.4) is 0 Å². The molecule has 1 N–H and O–H groups in total. The lowest BCUT2D eigenvalue weighted by Crippen LogP contribution is -2.33. The Labute approximate surface area is 140 Å². The minimum atomic E-state index is -0.855. The maximum absolute atomic E-state index is 11.0. The molecule has 2 rings (SSSR count). The minimum absolute atomic E-state index is 0.0350. The van der Waals surface area contributed by atoms with E-state index in [1.165, 1.54) is 0 Å². The second-order valence-electron chi connectivity index (χ2n) is 5.51. The van der Waals surface area contributed by atoms with E-state index in [4.69, 9.17) is 21.1 Å². The minimum Gasteiger partial charge on any atom is -0.480 e. The number of benzene rings is 1.